The van der Waals surface area contributed by atoms with E-state index in [1.54, 1.807) is 79.7 Å². The van der Waals surface area contributed by atoms with Gasteiger partial charge < -0.3 is 9.47 Å². The molecule has 214 valence electrons. The van der Waals surface area contributed by atoms with Crippen LogP contribution < -0.4 is 15.0 Å². The summed E-state index contributed by atoms with van der Waals surface area (Å²) < 4.78 is 12.4. The molecule has 43 heavy (non-hydrogen) atoms. The Morgan fingerprint density at radius 1 is 1.00 bits per heavy atom. The number of nitrogens with zero attached hydrogens (tertiary/aromatic N) is 4. The highest BCUT2D eigenvalue weighted by Gasteiger charge is 2.14. The van der Waals surface area contributed by atoms with Crippen LogP contribution in [-0.2, 0) is 4.79 Å². The smallest absolute Gasteiger partial charge is 0.336 e. The molecule has 5 aromatic rings. The largest absolute Gasteiger partial charge is 0.490 e. The molecule has 0 saturated heterocycles. The molecule has 10 nitrogen and oxygen atoms in total. The molecule has 4 aromatic carbocycles. The summed E-state index contributed by atoms with van der Waals surface area (Å²) in [6.07, 6.45) is 4.07. The monoisotopic (exact) mass is 594 g/mol. The fourth-order valence-electron chi connectivity index (χ4n) is 4.15. The van der Waals surface area contributed by atoms with Gasteiger partial charge in [0.2, 0.25) is 0 Å². The molecule has 0 saturated carbocycles. The number of nitro benzene ring substituents is 1. The van der Waals surface area contributed by atoms with Crippen LogP contribution in [0.4, 0.5) is 5.69 Å². The number of carbonyl (C=O) groups is 1. The Kier molecular flexibility index (Phi) is 8.69. The standard InChI is InChI=1S/C32H23ClN4O6/c1-2-42-29-19-22(10-16-28(29)43-30(38)17-11-21-6-5-7-25(18-21)37(40)41)20-34-36-31(23-12-14-24(33)15-13-23)35-27-9-4-3-8-26(27)32(36)39/h3-20H,2H2,1H3/b17-11+,34-20?. The van der Waals surface area contributed by atoms with Gasteiger partial charge in [0.15, 0.2) is 17.3 Å². The Morgan fingerprint density at radius 3 is 2.56 bits per heavy atom. The van der Waals surface area contributed by atoms with Crippen molar-refractivity contribution in [3.63, 3.8) is 0 Å². The van der Waals surface area contributed by atoms with Crippen LogP contribution in [0.1, 0.15) is 18.1 Å². The molecule has 0 aliphatic carbocycles. The van der Waals surface area contributed by atoms with Crippen molar-refractivity contribution in [2.75, 3.05) is 6.61 Å². The molecule has 11 heteroatoms. The zero-order valence-corrected chi connectivity index (χ0v) is 23.5. The first-order chi connectivity index (χ1) is 20.8. The zero-order valence-electron chi connectivity index (χ0n) is 22.7. The number of para-hydroxylation sites is 1. The Hall–Kier alpha value is -5.61. The zero-order chi connectivity index (χ0) is 30.3. The predicted octanol–water partition coefficient (Wildman–Crippen LogP) is 6.52. The molecule has 0 aliphatic heterocycles. The van der Waals surface area contributed by atoms with Crippen molar-refractivity contribution in [3.05, 3.63) is 134 Å². The van der Waals surface area contributed by atoms with Gasteiger partial charge in [-0.3, -0.25) is 14.9 Å². The lowest BCUT2D eigenvalue weighted by Gasteiger charge is -2.11. The van der Waals surface area contributed by atoms with Gasteiger partial charge >= 0.3 is 5.97 Å². The third-order valence-corrected chi connectivity index (χ3v) is 6.40. The SMILES string of the molecule is CCOc1cc(C=Nn2c(-c3ccc(Cl)cc3)nc3ccccc3c2=O)ccc1OC(=O)/C=C/c1cccc([N+](=O)[O-])c1. The van der Waals surface area contributed by atoms with E-state index in [1.165, 1.54) is 41.2 Å². The van der Waals surface area contributed by atoms with Crippen LogP contribution >= 0.6 is 11.6 Å². The number of hydrogen-bond donors (Lipinski definition) is 0. The molecule has 0 spiro atoms. The summed E-state index contributed by atoms with van der Waals surface area (Å²) in [5, 5.41) is 16.4. The van der Waals surface area contributed by atoms with E-state index in [0.29, 0.717) is 45.0 Å². The van der Waals surface area contributed by atoms with Gasteiger partial charge in [-0.15, -0.1) is 0 Å². The molecule has 0 fully saturated rings. The van der Waals surface area contributed by atoms with Crippen molar-refractivity contribution in [1.82, 2.24) is 9.66 Å². The molecule has 0 radical (unpaired) electrons. The van der Waals surface area contributed by atoms with E-state index < -0.39 is 10.9 Å². The molecule has 0 bridgehead atoms. The van der Waals surface area contributed by atoms with E-state index in [1.807, 2.05) is 0 Å². The highest BCUT2D eigenvalue weighted by atomic mass is 35.5. The number of aromatic nitrogens is 2. The number of ether oxygens (including phenoxy) is 2. The maximum atomic E-state index is 13.4. The molecule has 1 heterocycles. The third kappa shape index (κ3) is 6.83. The maximum Gasteiger partial charge on any atom is 0.336 e. The minimum atomic E-state index is -0.699. The average molecular weight is 595 g/mol. The Labute approximate surface area is 250 Å². The van der Waals surface area contributed by atoms with Gasteiger partial charge in [-0.2, -0.15) is 9.78 Å². The maximum absolute atomic E-state index is 13.4. The van der Waals surface area contributed by atoms with Gasteiger partial charge in [0.05, 0.1) is 28.6 Å². The van der Waals surface area contributed by atoms with Crippen molar-refractivity contribution < 1.29 is 19.2 Å². The van der Waals surface area contributed by atoms with Crippen LogP contribution in [0.15, 0.2) is 107 Å². The summed E-state index contributed by atoms with van der Waals surface area (Å²) in [4.78, 5) is 41.1. The van der Waals surface area contributed by atoms with E-state index in [2.05, 4.69) is 10.1 Å². The number of rotatable bonds is 9. The molecule has 0 unspecified atom stereocenters. The fourth-order valence-corrected chi connectivity index (χ4v) is 4.27. The predicted molar refractivity (Wildman–Crippen MR) is 165 cm³/mol. The van der Waals surface area contributed by atoms with E-state index >= 15 is 0 Å². The van der Waals surface area contributed by atoms with Gasteiger partial charge in [0.25, 0.3) is 11.2 Å². The third-order valence-electron chi connectivity index (χ3n) is 6.15. The number of non-ortho nitro benzene ring substituents is 1. The van der Waals surface area contributed by atoms with Gasteiger partial charge in [-0.1, -0.05) is 35.9 Å². The van der Waals surface area contributed by atoms with Crippen LogP contribution in [0, 0.1) is 10.1 Å². The van der Waals surface area contributed by atoms with Crippen LogP contribution in [0.5, 0.6) is 11.5 Å². The van der Waals surface area contributed by atoms with Crippen LogP contribution in [0.25, 0.3) is 28.4 Å². The Bertz CT molecular complexity index is 1950. The van der Waals surface area contributed by atoms with Crippen molar-refractivity contribution in [3.8, 4) is 22.9 Å². The molecule has 0 amide bonds. The second-order valence-corrected chi connectivity index (χ2v) is 9.50. The van der Waals surface area contributed by atoms with Crippen molar-refractivity contribution >= 4 is 46.5 Å². The van der Waals surface area contributed by atoms with Crippen LogP contribution in [0.3, 0.4) is 0 Å². The summed E-state index contributed by atoms with van der Waals surface area (Å²) in [7, 11) is 0. The first-order valence-electron chi connectivity index (χ1n) is 13.1. The minimum absolute atomic E-state index is 0.0894. The number of nitro groups is 1. The number of fused-ring (bicyclic) bond motifs is 1. The number of halogens is 1. The van der Waals surface area contributed by atoms with Crippen molar-refractivity contribution in [2.24, 2.45) is 5.10 Å². The van der Waals surface area contributed by atoms with Crippen LogP contribution in [-0.4, -0.2) is 33.4 Å². The highest BCUT2D eigenvalue weighted by Crippen LogP contribution is 2.29. The van der Waals surface area contributed by atoms with Gasteiger partial charge in [-0.05, 0) is 78.7 Å². The van der Waals surface area contributed by atoms with E-state index in [4.69, 9.17) is 21.1 Å². The number of benzene rings is 4. The molecule has 0 aliphatic rings. The number of esters is 1. The summed E-state index contributed by atoms with van der Waals surface area (Å²) in [5.41, 5.74) is 1.79. The molecule has 0 N–H and O–H groups in total. The van der Waals surface area contributed by atoms with Crippen molar-refractivity contribution in [2.45, 2.75) is 6.92 Å². The molecule has 0 atom stereocenters. The molecule has 1 aromatic heterocycles. The fraction of sp³-hybridized carbons (Fsp3) is 0.0625. The molecule has 5 rings (SSSR count). The normalized spacial score (nSPS) is 11.3. The highest BCUT2D eigenvalue weighted by molar-refractivity contribution is 6.30. The second-order valence-electron chi connectivity index (χ2n) is 9.07. The lowest BCUT2D eigenvalue weighted by atomic mass is 10.2. The quantitative estimate of drug-likeness (QED) is 0.0474. The van der Waals surface area contributed by atoms with Gasteiger partial charge in [-0.25, -0.2) is 9.78 Å². The van der Waals surface area contributed by atoms with Crippen molar-refractivity contribution in [1.29, 1.82) is 0 Å². The Morgan fingerprint density at radius 2 is 1.79 bits per heavy atom. The topological polar surface area (TPSA) is 126 Å². The van der Waals surface area contributed by atoms with E-state index in [9.17, 15) is 19.7 Å². The summed E-state index contributed by atoms with van der Waals surface area (Å²) in [5.74, 6) is 0.0857. The average Bonchev–Trinajstić information content (AvgIpc) is 3.01. The lowest BCUT2D eigenvalue weighted by molar-refractivity contribution is -0.384. The van der Waals surface area contributed by atoms with Gasteiger partial charge in [0, 0.05) is 28.8 Å². The first-order valence-corrected chi connectivity index (χ1v) is 13.4. The second kappa shape index (κ2) is 12.9. The molecular formula is C32H23ClN4O6. The summed E-state index contributed by atoms with van der Waals surface area (Å²) in [6.45, 7) is 2.08. The number of hydrogen-bond acceptors (Lipinski definition) is 8. The number of carbonyl (C=O) groups excluding carboxylic acids is 1. The van der Waals surface area contributed by atoms with Crippen LogP contribution in [0.2, 0.25) is 5.02 Å². The minimum Gasteiger partial charge on any atom is -0.490 e. The first kappa shape index (κ1) is 28.9. The van der Waals surface area contributed by atoms with E-state index in [-0.39, 0.29) is 22.7 Å². The molecular weight excluding hydrogens is 572 g/mol. The lowest BCUT2D eigenvalue weighted by Crippen LogP contribution is -2.20. The summed E-state index contributed by atoms with van der Waals surface area (Å²) >= 11 is 6.07. The summed E-state index contributed by atoms with van der Waals surface area (Å²) in [6, 6.07) is 24.6. The van der Waals surface area contributed by atoms with E-state index in [0.717, 1.165) is 0 Å². The Balaban J connectivity index is 1.43. The van der Waals surface area contributed by atoms with Gasteiger partial charge in [0.1, 0.15) is 0 Å².